The van der Waals surface area contributed by atoms with Crippen LogP contribution in [0.15, 0.2) is 47.5 Å². The Morgan fingerprint density at radius 3 is 2.70 bits per heavy atom. The summed E-state index contributed by atoms with van der Waals surface area (Å²) in [7, 11) is 7.08. The van der Waals surface area contributed by atoms with Crippen LogP contribution in [-0.4, -0.2) is 105 Å². The molecular weight excluding hydrogens is 509 g/mol. The number of hydrogen-bond donors (Lipinski definition) is 1. The van der Waals surface area contributed by atoms with Gasteiger partial charge >= 0.3 is 5.97 Å². The molecule has 0 bridgehead atoms. The van der Waals surface area contributed by atoms with Gasteiger partial charge in [0.2, 0.25) is 0 Å². The molecule has 40 heavy (non-hydrogen) atoms. The Bertz CT molecular complexity index is 1280. The van der Waals surface area contributed by atoms with Crippen LogP contribution >= 0.6 is 0 Å². The SMILES string of the molecule is [B]c1cnc(COC2=NC(N3CCN(CC4Nc5ccc(C(=O)OC)cc5N4CC4CCO4)CC3)=CCC2)nc1. The molecule has 1 aromatic carbocycles. The molecule has 2 radical (unpaired) electrons. The Kier molecular flexibility index (Phi) is 7.87. The fraction of sp³-hybridized carbons (Fsp3) is 0.500. The van der Waals surface area contributed by atoms with E-state index < -0.39 is 0 Å². The molecule has 0 saturated carbocycles. The topological polar surface area (TPSA) is 105 Å². The predicted octanol–water partition coefficient (Wildman–Crippen LogP) is 1.27. The number of carbonyl (C=O) groups excluding carboxylic acids is 1. The maximum absolute atomic E-state index is 12.2. The highest BCUT2D eigenvalue weighted by atomic mass is 16.5. The number of nitrogens with zero attached hydrogens (tertiary/aromatic N) is 6. The zero-order valence-corrected chi connectivity index (χ0v) is 22.8. The van der Waals surface area contributed by atoms with Crippen LogP contribution in [0.3, 0.4) is 0 Å². The molecule has 12 heteroatoms. The number of piperazine rings is 1. The average molecular weight is 543 g/mol. The Balaban J connectivity index is 1.05. The van der Waals surface area contributed by atoms with Crippen molar-refractivity contribution in [3.63, 3.8) is 0 Å². The molecule has 2 aromatic rings. The Morgan fingerprint density at radius 1 is 1.18 bits per heavy atom. The quantitative estimate of drug-likeness (QED) is 0.387. The van der Waals surface area contributed by atoms with E-state index in [1.807, 2.05) is 18.2 Å². The molecule has 2 unspecified atom stereocenters. The molecule has 0 aliphatic carbocycles. The molecule has 2 saturated heterocycles. The number of benzene rings is 1. The lowest BCUT2D eigenvalue weighted by Crippen LogP contribution is -2.53. The van der Waals surface area contributed by atoms with Crippen molar-refractivity contribution in [2.24, 2.45) is 4.99 Å². The second-order valence-electron chi connectivity index (χ2n) is 10.4. The van der Waals surface area contributed by atoms with Gasteiger partial charge < -0.3 is 29.3 Å². The molecule has 1 aromatic heterocycles. The van der Waals surface area contributed by atoms with Gasteiger partial charge in [0, 0.05) is 64.7 Å². The van der Waals surface area contributed by atoms with E-state index in [4.69, 9.17) is 27.0 Å². The van der Waals surface area contributed by atoms with Gasteiger partial charge in [-0.3, -0.25) is 4.90 Å². The van der Waals surface area contributed by atoms with E-state index >= 15 is 0 Å². The van der Waals surface area contributed by atoms with Crippen molar-refractivity contribution in [3.8, 4) is 0 Å². The first kappa shape index (κ1) is 26.6. The first-order valence-electron chi connectivity index (χ1n) is 13.9. The van der Waals surface area contributed by atoms with Crippen molar-refractivity contribution >= 4 is 36.6 Å². The first-order valence-corrected chi connectivity index (χ1v) is 13.9. The van der Waals surface area contributed by atoms with E-state index in [0.717, 1.165) is 82.3 Å². The maximum Gasteiger partial charge on any atom is 0.337 e. The van der Waals surface area contributed by atoms with Crippen LogP contribution in [-0.2, 0) is 20.8 Å². The van der Waals surface area contributed by atoms with E-state index in [-0.39, 0.29) is 24.8 Å². The molecule has 5 heterocycles. The van der Waals surface area contributed by atoms with Crippen LogP contribution < -0.4 is 15.7 Å². The maximum atomic E-state index is 12.2. The fourth-order valence-corrected chi connectivity index (χ4v) is 5.43. The number of fused-ring (bicyclic) bond motifs is 1. The van der Waals surface area contributed by atoms with Crippen LogP contribution in [0.4, 0.5) is 11.4 Å². The number of allylic oxidation sites excluding steroid dienone is 1. The monoisotopic (exact) mass is 543 g/mol. The van der Waals surface area contributed by atoms with Crippen molar-refractivity contribution in [1.82, 2.24) is 19.8 Å². The lowest BCUT2D eigenvalue weighted by molar-refractivity contribution is -0.0452. The van der Waals surface area contributed by atoms with Gasteiger partial charge in [-0.15, -0.1) is 0 Å². The summed E-state index contributed by atoms with van der Waals surface area (Å²) in [6, 6.07) is 5.72. The minimum absolute atomic E-state index is 0.0983. The highest BCUT2D eigenvalue weighted by Crippen LogP contribution is 2.37. The molecule has 4 aliphatic heterocycles. The van der Waals surface area contributed by atoms with Gasteiger partial charge in [0.15, 0.2) is 11.7 Å². The van der Waals surface area contributed by atoms with Gasteiger partial charge in [-0.1, -0.05) is 5.46 Å². The number of anilines is 2. The van der Waals surface area contributed by atoms with Gasteiger partial charge in [0.25, 0.3) is 0 Å². The van der Waals surface area contributed by atoms with Gasteiger partial charge in [-0.2, -0.15) is 0 Å². The van der Waals surface area contributed by atoms with E-state index in [9.17, 15) is 4.79 Å². The van der Waals surface area contributed by atoms with E-state index in [1.165, 1.54) is 7.11 Å². The molecule has 2 fully saturated rings. The summed E-state index contributed by atoms with van der Waals surface area (Å²) in [5, 5.41) is 3.68. The molecule has 208 valence electrons. The second kappa shape index (κ2) is 11.9. The van der Waals surface area contributed by atoms with Crippen LogP contribution in [0.5, 0.6) is 0 Å². The molecule has 6 rings (SSSR count). The zero-order chi connectivity index (χ0) is 27.5. The van der Waals surface area contributed by atoms with E-state index in [0.29, 0.717) is 22.7 Å². The number of nitrogens with one attached hydrogen (secondary N) is 1. The Morgan fingerprint density at radius 2 is 1.98 bits per heavy atom. The highest BCUT2D eigenvalue weighted by molar-refractivity contribution is 6.31. The Hall–Kier alpha value is -3.64. The molecule has 11 nitrogen and oxygen atoms in total. The summed E-state index contributed by atoms with van der Waals surface area (Å²) in [6.45, 7) is 6.38. The highest BCUT2D eigenvalue weighted by Gasteiger charge is 2.35. The average Bonchev–Trinajstić information content (AvgIpc) is 3.30. The lowest BCUT2D eigenvalue weighted by Gasteiger charge is -2.40. The summed E-state index contributed by atoms with van der Waals surface area (Å²) < 4.78 is 16.6. The third kappa shape index (κ3) is 5.92. The minimum atomic E-state index is -0.325. The number of rotatable bonds is 8. The van der Waals surface area contributed by atoms with Gasteiger partial charge in [-0.05, 0) is 37.1 Å². The van der Waals surface area contributed by atoms with Crippen LogP contribution in [0, 0.1) is 0 Å². The number of hydrogen-bond acceptors (Lipinski definition) is 11. The van der Waals surface area contributed by atoms with Crippen molar-refractivity contribution in [2.45, 2.75) is 38.1 Å². The number of aromatic nitrogens is 2. The number of methoxy groups -OCH3 is 1. The molecule has 0 spiro atoms. The van der Waals surface area contributed by atoms with Crippen molar-refractivity contribution in [2.75, 3.05) is 63.2 Å². The molecular formula is C28H34BN7O4. The van der Waals surface area contributed by atoms with Crippen molar-refractivity contribution < 1.29 is 19.0 Å². The Labute approximate surface area is 235 Å². The summed E-state index contributed by atoms with van der Waals surface area (Å²) in [5.74, 6) is 1.95. The summed E-state index contributed by atoms with van der Waals surface area (Å²) >= 11 is 0. The van der Waals surface area contributed by atoms with E-state index in [2.05, 4.69) is 36.1 Å². The first-order chi connectivity index (χ1) is 19.6. The van der Waals surface area contributed by atoms with Gasteiger partial charge in [-0.25, -0.2) is 19.8 Å². The molecule has 1 N–H and O–H groups in total. The summed E-state index contributed by atoms with van der Waals surface area (Å²) in [6.07, 6.45) is 8.39. The predicted molar refractivity (Wildman–Crippen MR) is 152 cm³/mol. The third-order valence-corrected chi connectivity index (χ3v) is 7.77. The fourth-order valence-electron chi connectivity index (χ4n) is 5.43. The number of ether oxygens (including phenoxy) is 3. The lowest BCUT2D eigenvalue weighted by atomic mass is 10.0. The van der Waals surface area contributed by atoms with Gasteiger partial charge in [0.05, 0.1) is 30.2 Å². The number of carbonyl (C=O) groups is 1. The summed E-state index contributed by atoms with van der Waals surface area (Å²) in [4.78, 5) is 32.5. The van der Waals surface area contributed by atoms with Crippen molar-refractivity contribution in [1.29, 1.82) is 0 Å². The third-order valence-electron chi connectivity index (χ3n) is 7.77. The zero-order valence-electron chi connectivity index (χ0n) is 22.8. The standard InChI is InChI=1S/C28H34BN7O4/c1-38-28(37)19-5-6-22-23(13-19)36(16-21-7-12-39-21)26(32-22)17-34-8-10-35(11-9-34)25-3-2-4-27(33-25)40-18-24-30-14-20(29)15-31-24/h3,5-6,13-15,21,26,32H,2,4,7-12,16-18H2,1H3. The van der Waals surface area contributed by atoms with Crippen LogP contribution in [0.2, 0.25) is 0 Å². The second-order valence-corrected chi connectivity index (χ2v) is 10.4. The number of aliphatic imine (C=N–C) groups is 1. The smallest absolute Gasteiger partial charge is 0.337 e. The summed E-state index contributed by atoms with van der Waals surface area (Å²) in [5.41, 5.74) is 3.15. The van der Waals surface area contributed by atoms with E-state index in [1.54, 1.807) is 12.4 Å². The minimum Gasteiger partial charge on any atom is -0.472 e. The molecule has 0 amide bonds. The normalized spacial score (nSPS) is 22.5. The van der Waals surface area contributed by atoms with Crippen LogP contribution in [0.1, 0.15) is 35.4 Å². The van der Waals surface area contributed by atoms with Crippen LogP contribution in [0.25, 0.3) is 0 Å². The molecule has 2 atom stereocenters. The van der Waals surface area contributed by atoms with Crippen molar-refractivity contribution in [3.05, 3.63) is 53.9 Å². The number of esters is 1. The van der Waals surface area contributed by atoms with Gasteiger partial charge in [0.1, 0.15) is 26.4 Å². The molecule has 4 aliphatic rings. The largest absolute Gasteiger partial charge is 0.472 e.